The van der Waals surface area contributed by atoms with Gasteiger partial charge in [-0.3, -0.25) is 0 Å². The maximum Gasteiger partial charge on any atom is 0.283 e. The highest BCUT2D eigenvalue weighted by atomic mass is 79.9. The van der Waals surface area contributed by atoms with Crippen LogP contribution in [-0.4, -0.2) is 77.4 Å². The van der Waals surface area contributed by atoms with Crippen molar-refractivity contribution in [3.05, 3.63) is 51.8 Å². The monoisotopic (exact) mass is 541 g/mol. The molecule has 0 amide bonds. The summed E-state index contributed by atoms with van der Waals surface area (Å²) in [5.41, 5.74) is -0.686. The molecule has 0 aromatic carbocycles. The lowest BCUT2D eigenvalue weighted by Crippen LogP contribution is -2.55. The average Bonchev–Trinajstić information content (AvgIpc) is 3.43. The zero-order valence-electron chi connectivity index (χ0n) is 16.5. The van der Waals surface area contributed by atoms with E-state index in [-0.39, 0.29) is 5.82 Å². The van der Waals surface area contributed by atoms with Crippen LogP contribution in [0.15, 0.2) is 40.1 Å². The van der Waals surface area contributed by atoms with Crippen molar-refractivity contribution < 1.29 is 19.7 Å². The summed E-state index contributed by atoms with van der Waals surface area (Å²) in [7, 11) is 1.49. The fourth-order valence-electron chi connectivity index (χ4n) is 3.37. The van der Waals surface area contributed by atoms with Gasteiger partial charge in [0.1, 0.15) is 36.0 Å². The van der Waals surface area contributed by atoms with E-state index in [0.29, 0.717) is 20.3 Å². The van der Waals surface area contributed by atoms with Crippen molar-refractivity contribution >= 4 is 45.1 Å². The first kappa shape index (κ1) is 23.1. The number of thioether (sulfide) groups is 1. The molecule has 1 aliphatic heterocycles. The van der Waals surface area contributed by atoms with Gasteiger partial charge in [0, 0.05) is 18.2 Å². The highest BCUT2D eigenvalue weighted by Gasteiger charge is 2.47. The third-order valence-corrected chi connectivity index (χ3v) is 6.64. The molecule has 0 saturated carbocycles. The molecule has 1 saturated heterocycles. The summed E-state index contributed by atoms with van der Waals surface area (Å²) in [5, 5.41) is 33.4. The van der Waals surface area contributed by atoms with E-state index in [2.05, 4.69) is 41.2 Å². The van der Waals surface area contributed by atoms with E-state index in [1.165, 1.54) is 34.4 Å². The molecular weight excluding hydrogens is 526 g/mol. The van der Waals surface area contributed by atoms with Crippen LogP contribution in [0.25, 0.3) is 10.7 Å². The first-order valence-corrected chi connectivity index (χ1v) is 11.3. The number of aliphatic hydroxyl groups excluding tert-OH is 2. The van der Waals surface area contributed by atoms with Gasteiger partial charge in [0.05, 0.1) is 17.3 Å². The van der Waals surface area contributed by atoms with Gasteiger partial charge in [-0.1, -0.05) is 23.4 Å². The molecule has 2 N–H and O–H groups in total. The number of aromatic nitrogens is 6. The minimum Gasteiger partial charge on any atom is -0.394 e. The Morgan fingerprint density at radius 3 is 2.94 bits per heavy atom. The maximum atomic E-state index is 10.9. The number of halogens is 2. The van der Waals surface area contributed by atoms with Crippen LogP contribution in [0, 0.1) is 6.57 Å². The molecule has 3 aromatic heterocycles. The molecule has 0 bridgehead atoms. The van der Waals surface area contributed by atoms with Crippen LogP contribution < -0.4 is 0 Å². The largest absolute Gasteiger partial charge is 0.394 e. The van der Waals surface area contributed by atoms with E-state index in [9.17, 15) is 10.2 Å². The summed E-state index contributed by atoms with van der Waals surface area (Å²) >= 11 is 10.5. The molecule has 14 heteroatoms. The number of ether oxygens (including phenoxy) is 2. The Kier molecular flexibility index (Phi) is 7.11. The molecule has 1 aliphatic rings. The van der Waals surface area contributed by atoms with Gasteiger partial charge >= 0.3 is 0 Å². The lowest BCUT2D eigenvalue weighted by molar-refractivity contribution is -0.186. The van der Waals surface area contributed by atoms with Crippen LogP contribution in [0.2, 0.25) is 5.15 Å². The Labute approximate surface area is 200 Å². The highest BCUT2D eigenvalue weighted by molar-refractivity contribution is 9.10. The predicted octanol–water partition coefficient (Wildman–Crippen LogP) is 2.25. The standard InChI is InChI=1S/C18H17BrClN7O4S/c1-21-17-11(5-9(19)6-22-17)32-18-16(30-2)14(15(29)10(8-28)31-18)27-7-13(23-25-27)26-4-3-12(20)24-26/h3-7,10,14-16,18,28-29H,8H2,2H3/t10?,14-,15-,16?,18+/m0/s1. The van der Waals surface area contributed by atoms with Crippen LogP contribution in [0.5, 0.6) is 0 Å². The summed E-state index contributed by atoms with van der Waals surface area (Å²) in [6.07, 6.45) is 2.01. The van der Waals surface area contributed by atoms with E-state index >= 15 is 0 Å². The molecule has 11 nitrogen and oxygen atoms in total. The number of aliphatic hydroxyl groups is 2. The van der Waals surface area contributed by atoms with Crippen LogP contribution in [-0.2, 0) is 9.47 Å². The first-order chi connectivity index (χ1) is 15.4. The third kappa shape index (κ3) is 4.53. The van der Waals surface area contributed by atoms with Crippen LogP contribution in [0.1, 0.15) is 6.04 Å². The van der Waals surface area contributed by atoms with E-state index in [1.54, 1.807) is 24.5 Å². The van der Waals surface area contributed by atoms with Crippen molar-refractivity contribution in [3.63, 3.8) is 0 Å². The normalized spacial score (nSPS) is 25.6. The molecule has 0 radical (unpaired) electrons. The van der Waals surface area contributed by atoms with Crippen molar-refractivity contribution in [3.8, 4) is 5.82 Å². The second kappa shape index (κ2) is 9.84. The SMILES string of the molecule is [C-]#[N+]c1ncc(Br)cc1S[C@H]1OC(CO)[C@H](O)[C@H](n2cc(-n3ccc(Cl)n3)nn2)C1OC. The molecule has 168 valence electrons. The summed E-state index contributed by atoms with van der Waals surface area (Å²) in [5.74, 6) is 0.597. The Morgan fingerprint density at radius 2 is 2.28 bits per heavy atom. The smallest absolute Gasteiger partial charge is 0.283 e. The number of nitrogens with zero attached hydrogens (tertiary/aromatic N) is 7. The van der Waals surface area contributed by atoms with Crippen molar-refractivity contribution in [2.75, 3.05) is 13.7 Å². The van der Waals surface area contributed by atoms with Gasteiger partial charge in [0.25, 0.3) is 5.82 Å². The molecule has 4 heterocycles. The number of hydrogen-bond donors (Lipinski definition) is 2. The van der Waals surface area contributed by atoms with Crippen LogP contribution >= 0.6 is 39.3 Å². The van der Waals surface area contributed by atoms with Gasteiger partial charge in [-0.2, -0.15) is 5.10 Å². The Bertz CT molecular complexity index is 1140. The molecule has 3 aromatic rings. The van der Waals surface area contributed by atoms with Gasteiger partial charge in [-0.05, 0) is 28.1 Å². The van der Waals surface area contributed by atoms with Crippen molar-refractivity contribution in [1.82, 2.24) is 29.8 Å². The fourth-order valence-corrected chi connectivity index (χ4v) is 5.24. The van der Waals surface area contributed by atoms with Gasteiger partial charge < -0.3 is 24.5 Å². The average molecular weight is 543 g/mol. The Morgan fingerprint density at radius 1 is 1.47 bits per heavy atom. The lowest BCUT2D eigenvalue weighted by atomic mass is 9.97. The Hall–Kier alpha value is -2.05. The number of methoxy groups -OCH3 is 1. The summed E-state index contributed by atoms with van der Waals surface area (Å²) < 4.78 is 15.2. The van der Waals surface area contributed by atoms with Crippen molar-refractivity contribution in [2.24, 2.45) is 0 Å². The van der Waals surface area contributed by atoms with Crippen LogP contribution in [0.4, 0.5) is 5.82 Å². The minimum atomic E-state index is -1.14. The minimum absolute atomic E-state index is 0.207. The van der Waals surface area contributed by atoms with E-state index in [4.69, 9.17) is 27.6 Å². The topological polar surface area (TPSA) is 125 Å². The number of hydrogen-bond acceptors (Lipinski definition) is 9. The zero-order valence-corrected chi connectivity index (χ0v) is 19.6. The number of rotatable bonds is 6. The molecule has 2 unspecified atom stereocenters. The summed E-state index contributed by atoms with van der Waals surface area (Å²) in [6, 6.07) is 2.62. The quantitative estimate of drug-likeness (QED) is 0.451. The van der Waals surface area contributed by atoms with Crippen LogP contribution in [0.3, 0.4) is 0 Å². The van der Waals surface area contributed by atoms with Crippen molar-refractivity contribution in [2.45, 2.75) is 34.7 Å². The fraction of sp³-hybridized carbons (Fsp3) is 0.389. The molecule has 32 heavy (non-hydrogen) atoms. The second-order valence-electron chi connectivity index (χ2n) is 6.75. The summed E-state index contributed by atoms with van der Waals surface area (Å²) in [6.45, 7) is 6.95. The van der Waals surface area contributed by atoms with Gasteiger partial charge in [0.15, 0.2) is 11.0 Å². The molecule has 4 rings (SSSR count). The van der Waals surface area contributed by atoms with E-state index in [0.717, 1.165) is 0 Å². The van der Waals surface area contributed by atoms with Crippen molar-refractivity contribution in [1.29, 1.82) is 0 Å². The first-order valence-electron chi connectivity index (χ1n) is 9.25. The molecule has 1 fully saturated rings. The maximum absolute atomic E-state index is 10.9. The lowest BCUT2D eigenvalue weighted by Gasteiger charge is -2.43. The highest BCUT2D eigenvalue weighted by Crippen LogP contribution is 2.42. The van der Waals surface area contributed by atoms with Gasteiger partial charge in [0.2, 0.25) is 0 Å². The third-order valence-electron chi connectivity index (χ3n) is 4.84. The van der Waals surface area contributed by atoms with Gasteiger partial charge in [-0.25, -0.2) is 9.36 Å². The van der Waals surface area contributed by atoms with E-state index in [1.807, 2.05) is 0 Å². The number of pyridine rings is 1. The summed E-state index contributed by atoms with van der Waals surface area (Å²) in [4.78, 5) is 8.14. The molecule has 0 spiro atoms. The molecule has 0 aliphatic carbocycles. The molecular formula is C18H17BrClN7O4S. The molecule has 5 atom stereocenters. The second-order valence-corrected chi connectivity index (χ2v) is 9.19. The predicted molar refractivity (Wildman–Crippen MR) is 118 cm³/mol. The Balaban J connectivity index is 1.68. The van der Waals surface area contributed by atoms with E-state index < -0.39 is 36.4 Å². The van der Waals surface area contributed by atoms with Gasteiger partial charge in [-0.15, -0.1) is 21.8 Å². The zero-order chi connectivity index (χ0) is 22.8.